The van der Waals surface area contributed by atoms with Crippen LogP contribution in [-0.2, 0) is 21.4 Å². The molecule has 1 amide bonds. The molecule has 0 aliphatic carbocycles. The minimum absolute atomic E-state index is 0.0215. The Kier molecular flexibility index (Phi) is 5.99. The van der Waals surface area contributed by atoms with Gasteiger partial charge in [-0.05, 0) is 37.6 Å². The van der Waals surface area contributed by atoms with E-state index in [4.69, 9.17) is 11.6 Å². The highest BCUT2D eigenvalue weighted by Crippen LogP contribution is 2.15. The van der Waals surface area contributed by atoms with Gasteiger partial charge in [0.05, 0.1) is 10.9 Å². The molecule has 0 fully saturated rings. The van der Waals surface area contributed by atoms with Gasteiger partial charge in [-0.2, -0.15) is 4.72 Å². The molecule has 128 valence electrons. The quantitative estimate of drug-likeness (QED) is 0.825. The van der Waals surface area contributed by atoms with Crippen LogP contribution in [0.5, 0.6) is 0 Å². The number of sulfonamides is 1. The fourth-order valence-corrected chi connectivity index (χ4v) is 3.54. The van der Waals surface area contributed by atoms with Crippen LogP contribution in [0.1, 0.15) is 18.1 Å². The second kappa shape index (κ2) is 7.79. The topological polar surface area (TPSA) is 75.3 Å². The molecule has 1 atom stereocenters. The van der Waals surface area contributed by atoms with Gasteiger partial charge in [-0.25, -0.2) is 8.42 Å². The molecule has 0 radical (unpaired) electrons. The molecule has 7 heteroatoms. The summed E-state index contributed by atoms with van der Waals surface area (Å²) in [6.07, 6.45) is 0. The molecule has 5 nitrogen and oxygen atoms in total. The van der Waals surface area contributed by atoms with E-state index in [2.05, 4.69) is 10.0 Å². The Bertz CT molecular complexity index is 820. The van der Waals surface area contributed by atoms with E-state index in [0.717, 1.165) is 11.1 Å². The zero-order valence-corrected chi connectivity index (χ0v) is 15.0. The summed E-state index contributed by atoms with van der Waals surface area (Å²) in [5.74, 6) is -0.402. The number of aryl methyl sites for hydroxylation is 1. The van der Waals surface area contributed by atoms with Crippen molar-refractivity contribution in [1.82, 2.24) is 10.0 Å². The average Bonchev–Trinajstić information content (AvgIpc) is 2.53. The highest BCUT2D eigenvalue weighted by atomic mass is 35.5. The molecular formula is C17H19ClN2O3S. The van der Waals surface area contributed by atoms with Crippen LogP contribution in [0.2, 0.25) is 5.02 Å². The molecule has 2 aromatic rings. The number of carbonyl (C=O) groups is 1. The van der Waals surface area contributed by atoms with Gasteiger partial charge in [0.15, 0.2) is 0 Å². The smallest absolute Gasteiger partial charge is 0.241 e. The molecule has 0 saturated carbocycles. The van der Waals surface area contributed by atoms with Gasteiger partial charge in [0.25, 0.3) is 0 Å². The first kappa shape index (κ1) is 18.4. The van der Waals surface area contributed by atoms with Crippen molar-refractivity contribution in [3.8, 4) is 0 Å². The summed E-state index contributed by atoms with van der Waals surface area (Å²) in [6.45, 7) is 3.81. The molecule has 0 heterocycles. The maximum Gasteiger partial charge on any atom is 0.241 e. The van der Waals surface area contributed by atoms with E-state index in [-0.39, 0.29) is 4.90 Å². The van der Waals surface area contributed by atoms with Crippen LogP contribution in [0.15, 0.2) is 53.4 Å². The summed E-state index contributed by atoms with van der Waals surface area (Å²) in [5, 5.41) is 3.03. The lowest BCUT2D eigenvalue weighted by Gasteiger charge is -2.14. The zero-order valence-electron chi connectivity index (χ0n) is 13.4. The van der Waals surface area contributed by atoms with Gasteiger partial charge < -0.3 is 5.32 Å². The molecule has 2 N–H and O–H groups in total. The Hall–Kier alpha value is -1.89. The number of amides is 1. The molecule has 0 bridgehead atoms. The molecule has 24 heavy (non-hydrogen) atoms. The fourth-order valence-electron chi connectivity index (χ4n) is 2.04. The lowest BCUT2D eigenvalue weighted by Crippen LogP contribution is -2.44. The van der Waals surface area contributed by atoms with Crippen LogP contribution in [0.4, 0.5) is 0 Å². The normalized spacial score (nSPS) is 12.6. The lowest BCUT2D eigenvalue weighted by atomic mass is 10.1. The minimum Gasteiger partial charge on any atom is -0.351 e. The number of rotatable bonds is 6. The Morgan fingerprint density at radius 2 is 1.83 bits per heavy atom. The lowest BCUT2D eigenvalue weighted by molar-refractivity contribution is -0.122. The summed E-state index contributed by atoms with van der Waals surface area (Å²) in [5.41, 5.74) is 2.08. The average molecular weight is 367 g/mol. The van der Waals surface area contributed by atoms with Crippen molar-refractivity contribution in [3.63, 3.8) is 0 Å². The van der Waals surface area contributed by atoms with Crippen LogP contribution < -0.4 is 10.0 Å². The Labute approximate surface area is 147 Å². The van der Waals surface area contributed by atoms with Crippen LogP contribution in [0.25, 0.3) is 0 Å². The van der Waals surface area contributed by atoms with Crippen molar-refractivity contribution in [1.29, 1.82) is 0 Å². The highest BCUT2D eigenvalue weighted by molar-refractivity contribution is 7.89. The predicted molar refractivity (Wildman–Crippen MR) is 94.3 cm³/mol. The van der Waals surface area contributed by atoms with Gasteiger partial charge in [0.1, 0.15) is 0 Å². The predicted octanol–water partition coefficient (Wildman–Crippen LogP) is 2.63. The second-order valence-electron chi connectivity index (χ2n) is 5.50. The van der Waals surface area contributed by atoms with Crippen molar-refractivity contribution in [2.75, 3.05) is 0 Å². The molecule has 0 saturated heterocycles. The monoisotopic (exact) mass is 366 g/mol. The summed E-state index contributed by atoms with van der Waals surface area (Å²) in [7, 11) is -3.81. The summed E-state index contributed by atoms with van der Waals surface area (Å²) in [6, 6.07) is 12.7. The number of hydrogen-bond donors (Lipinski definition) is 2. The van der Waals surface area contributed by atoms with Crippen molar-refractivity contribution in [2.24, 2.45) is 0 Å². The van der Waals surface area contributed by atoms with Crippen molar-refractivity contribution in [2.45, 2.75) is 31.3 Å². The molecule has 0 aliphatic heterocycles. The van der Waals surface area contributed by atoms with Gasteiger partial charge in [-0.3, -0.25) is 4.79 Å². The van der Waals surface area contributed by atoms with E-state index in [1.165, 1.54) is 19.1 Å². The molecule has 0 aromatic heterocycles. The van der Waals surface area contributed by atoms with Crippen molar-refractivity contribution in [3.05, 3.63) is 64.7 Å². The highest BCUT2D eigenvalue weighted by Gasteiger charge is 2.22. The molecule has 0 unspecified atom stereocenters. The van der Waals surface area contributed by atoms with Gasteiger partial charge in [-0.1, -0.05) is 47.5 Å². The minimum atomic E-state index is -3.81. The number of benzene rings is 2. The van der Waals surface area contributed by atoms with Gasteiger partial charge >= 0.3 is 0 Å². The number of carbonyl (C=O) groups excluding carboxylic acids is 1. The van der Waals surface area contributed by atoms with E-state index in [9.17, 15) is 13.2 Å². The SMILES string of the molecule is Cc1ccc(CNC(=O)[C@H](C)NS(=O)(=O)c2cccc(Cl)c2)cc1. The van der Waals surface area contributed by atoms with Gasteiger partial charge in [0, 0.05) is 11.6 Å². The molecular weight excluding hydrogens is 348 g/mol. The second-order valence-corrected chi connectivity index (χ2v) is 7.65. The summed E-state index contributed by atoms with van der Waals surface area (Å²) >= 11 is 5.81. The maximum atomic E-state index is 12.3. The molecule has 2 rings (SSSR count). The van der Waals surface area contributed by atoms with E-state index in [1.54, 1.807) is 12.1 Å². The summed E-state index contributed by atoms with van der Waals surface area (Å²) in [4.78, 5) is 12.1. The third-order valence-corrected chi connectivity index (χ3v) is 5.19. The van der Waals surface area contributed by atoms with Crippen LogP contribution >= 0.6 is 11.6 Å². The third kappa shape index (κ3) is 5.06. The van der Waals surface area contributed by atoms with Crippen LogP contribution in [-0.4, -0.2) is 20.4 Å². The Balaban J connectivity index is 1.96. The van der Waals surface area contributed by atoms with Crippen molar-refractivity contribution >= 4 is 27.5 Å². The van der Waals surface area contributed by atoms with Crippen LogP contribution in [0.3, 0.4) is 0 Å². The standard InChI is InChI=1S/C17H19ClN2O3S/c1-12-6-8-14(9-7-12)11-19-17(21)13(2)20-24(22,23)16-5-3-4-15(18)10-16/h3-10,13,20H,11H2,1-2H3,(H,19,21)/t13-/m0/s1. The van der Waals surface area contributed by atoms with Gasteiger partial charge in [0.2, 0.25) is 15.9 Å². The largest absolute Gasteiger partial charge is 0.351 e. The van der Waals surface area contributed by atoms with E-state index < -0.39 is 22.0 Å². The van der Waals surface area contributed by atoms with E-state index in [1.807, 2.05) is 31.2 Å². The first-order valence-electron chi connectivity index (χ1n) is 7.39. The number of hydrogen-bond acceptors (Lipinski definition) is 3. The zero-order chi connectivity index (χ0) is 17.7. The first-order chi connectivity index (χ1) is 11.3. The number of halogens is 1. The molecule has 0 aliphatic rings. The first-order valence-corrected chi connectivity index (χ1v) is 9.25. The van der Waals surface area contributed by atoms with Crippen molar-refractivity contribution < 1.29 is 13.2 Å². The summed E-state index contributed by atoms with van der Waals surface area (Å²) < 4.78 is 26.9. The van der Waals surface area contributed by atoms with Crippen LogP contribution in [0, 0.1) is 6.92 Å². The third-order valence-electron chi connectivity index (χ3n) is 3.42. The Morgan fingerprint density at radius 3 is 2.46 bits per heavy atom. The Morgan fingerprint density at radius 1 is 1.17 bits per heavy atom. The fraction of sp³-hybridized carbons (Fsp3) is 0.235. The molecule has 2 aromatic carbocycles. The van der Waals surface area contributed by atoms with E-state index >= 15 is 0 Å². The maximum absolute atomic E-state index is 12.3. The van der Waals surface area contributed by atoms with E-state index in [0.29, 0.717) is 11.6 Å². The number of nitrogens with one attached hydrogen (secondary N) is 2. The van der Waals surface area contributed by atoms with Gasteiger partial charge in [-0.15, -0.1) is 0 Å². The molecule has 0 spiro atoms.